The number of halogens is 1. The zero-order chi connectivity index (χ0) is 16.8. The van der Waals surface area contributed by atoms with Crippen LogP contribution in [0.4, 0.5) is 4.79 Å². The minimum atomic E-state index is -0.517. The Labute approximate surface area is 146 Å². The van der Waals surface area contributed by atoms with Gasteiger partial charge in [-0.15, -0.1) is 0 Å². The van der Waals surface area contributed by atoms with Gasteiger partial charge < -0.3 is 19.1 Å². The summed E-state index contributed by atoms with van der Waals surface area (Å²) in [5, 5.41) is 0. The second kappa shape index (κ2) is 8.57. The summed E-state index contributed by atoms with van der Waals surface area (Å²) < 4.78 is 16.8. The van der Waals surface area contributed by atoms with Gasteiger partial charge in [-0.25, -0.2) is 4.79 Å². The molecule has 124 valence electrons. The van der Waals surface area contributed by atoms with Crippen molar-refractivity contribution in [2.24, 2.45) is 0 Å². The first kappa shape index (κ1) is 19.0. The lowest BCUT2D eigenvalue weighted by atomic mass is 10.2. The third kappa shape index (κ3) is 6.39. The molecule has 0 saturated heterocycles. The van der Waals surface area contributed by atoms with Crippen LogP contribution in [0.1, 0.15) is 26.3 Å². The van der Waals surface area contributed by atoms with Gasteiger partial charge in [0.1, 0.15) is 11.4 Å². The monoisotopic (exact) mass is 421 g/mol. The van der Waals surface area contributed by atoms with Crippen LogP contribution < -0.4 is 4.74 Å². The first-order valence-electron chi connectivity index (χ1n) is 7.06. The number of nitrogens with zero attached hydrogens (tertiary/aromatic N) is 1. The number of methoxy groups -OCH3 is 2. The fourth-order valence-corrected chi connectivity index (χ4v) is 2.59. The van der Waals surface area contributed by atoms with Crippen molar-refractivity contribution in [2.45, 2.75) is 32.9 Å². The number of hydrogen-bond donors (Lipinski definition) is 0. The zero-order valence-electron chi connectivity index (χ0n) is 13.8. The van der Waals surface area contributed by atoms with Crippen LogP contribution in [0.3, 0.4) is 0 Å². The quantitative estimate of drug-likeness (QED) is 0.658. The van der Waals surface area contributed by atoms with Crippen molar-refractivity contribution in [3.63, 3.8) is 0 Å². The van der Waals surface area contributed by atoms with E-state index in [1.165, 1.54) is 0 Å². The highest BCUT2D eigenvalue weighted by atomic mass is 127. The van der Waals surface area contributed by atoms with Gasteiger partial charge >= 0.3 is 6.09 Å². The summed E-state index contributed by atoms with van der Waals surface area (Å²) in [7, 11) is 3.26. The first-order chi connectivity index (χ1) is 10.3. The van der Waals surface area contributed by atoms with Gasteiger partial charge in [0.15, 0.2) is 0 Å². The molecule has 0 saturated carbocycles. The molecular formula is C16H24INO4. The highest BCUT2D eigenvalue weighted by Gasteiger charge is 2.22. The molecule has 6 heteroatoms. The van der Waals surface area contributed by atoms with Crippen molar-refractivity contribution in [3.05, 3.63) is 27.3 Å². The molecule has 1 amide bonds. The third-order valence-corrected chi connectivity index (χ3v) is 3.65. The normalized spacial score (nSPS) is 11.2. The predicted molar refractivity (Wildman–Crippen MR) is 94.2 cm³/mol. The van der Waals surface area contributed by atoms with Crippen LogP contribution in [0.15, 0.2) is 18.2 Å². The topological polar surface area (TPSA) is 48.0 Å². The van der Waals surface area contributed by atoms with E-state index >= 15 is 0 Å². The van der Waals surface area contributed by atoms with E-state index in [-0.39, 0.29) is 6.09 Å². The molecule has 0 spiro atoms. The fourth-order valence-electron chi connectivity index (χ4n) is 1.79. The Hall–Kier alpha value is -1.02. The maximum atomic E-state index is 12.3. The molecule has 0 N–H and O–H groups in total. The van der Waals surface area contributed by atoms with Crippen molar-refractivity contribution in [1.82, 2.24) is 4.90 Å². The summed E-state index contributed by atoms with van der Waals surface area (Å²) in [5.41, 5.74) is 0.503. The third-order valence-electron chi connectivity index (χ3n) is 2.81. The van der Waals surface area contributed by atoms with E-state index in [0.29, 0.717) is 19.7 Å². The van der Waals surface area contributed by atoms with Gasteiger partial charge in [-0.05, 0) is 61.1 Å². The molecule has 0 atom stereocenters. The van der Waals surface area contributed by atoms with Crippen LogP contribution >= 0.6 is 22.6 Å². The Morgan fingerprint density at radius 1 is 1.27 bits per heavy atom. The lowest BCUT2D eigenvalue weighted by Crippen LogP contribution is -2.38. The van der Waals surface area contributed by atoms with Crippen molar-refractivity contribution < 1.29 is 19.0 Å². The number of benzene rings is 1. The van der Waals surface area contributed by atoms with E-state index in [1.54, 1.807) is 19.1 Å². The standard InChI is InChI=1S/C16H24INO4/c1-16(2,3)22-15(19)18(8-9-20-4)11-12-6-7-14(21-5)13(17)10-12/h6-7,10H,8-9,11H2,1-5H3. The number of rotatable bonds is 6. The van der Waals surface area contributed by atoms with Crippen LogP contribution in [0.25, 0.3) is 0 Å². The summed E-state index contributed by atoms with van der Waals surface area (Å²) in [5.74, 6) is 0.824. The van der Waals surface area contributed by atoms with Crippen LogP contribution in [0, 0.1) is 3.57 Å². The van der Waals surface area contributed by atoms with E-state index in [9.17, 15) is 4.79 Å². The van der Waals surface area contributed by atoms with E-state index in [4.69, 9.17) is 14.2 Å². The molecule has 0 radical (unpaired) electrons. The van der Waals surface area contributed by atoms with Gasteiger partial charge in [0.2, 0.25) is 0 Å². The van der Waals surface area contributed by atoms with Crippen LogP contribution in [0.2, 0.25) is 0 Å². The fraction of sp³-hybridized carbons (Fsp3) is 0.562. The molecule has 5 nitrogen and oxygen atoms in total. The van der Waals surface area contributed by atoms with Crippen LogP contribution in [0.5, 0.6) is 5.75 Å². The summed E-state index contributed by atoms with van der Waals surface area (Å²) in [6.07, 6.45) is -0.338. The van der Waals surface area contributed by atoms with Gasteiger partial charge in [0, 0.05) is 20.2 Å². The minimum Gasteiger partial charge on any atom is -0.496 e. The molecule has 1 rings (SSSR count). The summed E-state index contributed by atoms with van der Waals surface area (Å²) in [4.78, 5) is 13.9. The molecule has 0 heterocycles. The van der Waals surface area contributed by atoms with Crippen molar-refractivity contribution in [3.8, 4) is 5.75 Å². The minimum absolute atomic E-state index is 0.338. The van der Waals surface area contributed by atoms with E-state index < -0.39 is 5.60 Å². The van der Waals surface area contributed by atoms with Crippen LogP contribution in [-0.4, -0.2) is 44.0 Å². The first-order valence-corrected chi connectivity index (χ1v) is 8.14. The van der Waals surface area contributed by atoms with Crippen molar-refractivity contribution >= 4 is 28.7 Å². The number of carbonyl (C=O) groups excluding carboxylic acids is 1. The number of amides is 1. The molecule has 0 fully saturated rings. The second-order valence-corrected chi connectivity index (χ2v) is 7.03. The van der Waals surface area contributed by atoms with Gasteiger partial charge in [-0.3, -0.25) is 0 Å². The SMILES string of the molecule is COCCN(Cc1ccc(OC)c(I)c1)C(=O)OC(C)(C)C. The van der Waals surface area contributed by atoms with Crippen molar-refractivity contribution in [2.75, 3.05) is 27.4 Å². The lowest BCUT2D eigenvalue weighted by molar-refractivity contribution is 0.0184. The van der Waals surface area contributed by atoms with Gasteiger partial charge in [-0.1, -0.05) is 6.07 Å². The summed E-state index contributed by atoms with van der Waals surface area (Å²) >= 11 is 2.22. The Balaban J connectivity index is 2.84. The van der Waals surface area contributed by atoms with Crippen LogP contribution in [-0.2, 0) is 16.0 Å². The number of hydrogen-bond acceptors (Lipinski definition) is 4. The molecule has 0 unspecified atom stereocenters. The maximum Gasteiger partial charge on any atom is 0.410 e. The van der Waals surface area contributed by atoms with E-state index in [2.05, 4.69) is 22.6 Å². The maximum absolute atomic E-state index is 12.3. The number of ether oxygens (including phenoxy) is 3. The molecule has 0 aliphatic carbocycles. The largest absolute Gasteiger partial charge is 0.496 e. The Kier molecular flexibility index (Phi) is 7.41. The molecular weight excluding hydrogens is 397 g/mol. The smallest absolute Gasteiger partial charge is 0.410 e. The number of carbonyl (C=O) groups is 1. The predicted octanol–water partition coefficient (Wildman–Crippen LogP) is 3.68. The average molecular weight is 421 g/mol. The Morgan fingerprint density at radius 3 is 2.45 bits per heavy atom. The molecule has 0 aromatic heterocycles. The molecule has 0 aliphatic heterocycles. The summed E-state index contributed by atoms with van der Waals surface area (Å²) in [6.45, 7) is 6.99. The van der Waals surface area contributed by atoms with E-state index in [0.717, 1.165) is 14.9 Å². The van der Waals surface area contributed by atoms with Gasteiger partial charge in [0.05, 0.1) is 17.3 Å². The lowest BCUT2D eigenvalue weighted by Gasteiger charge is -2.27. The average Bonchev–Trinajstić information content (AvgIpc) is 2.41. The van der Waals surface area contributed by atoms with E-state index in [1.807, 2.05) is 39.0 Å². The molecule has 1 aromatic rings. The highest BCUT2D eigenvalue weighted by Crippen LogP contribution is 2.22. The Morgan fingerprint density at radius 2 is 1.95 bits per heavy atom. The highest BCUT2D eigenvalue weighted by molar-refractivity contribution is 14.1. The van der Waals surface area contributed by atoms with Gasteiger partial charge in [0.25, 0.3) is 0 Å². The molecule has 0 aliphatic rings. The van der Waals surface area contributed by atoms with Crippen molar-refractivity contribution in [1.29, 1.82) is 0 Å². The summed E-state index contributed by atoms with van der Waals surface area (Å²) in [6, 6.07) is 5.86. The Bertz CT molecular complexity index is 499. The molecule has 0 bridgehead atoms. The van der Waals surface area contributed by atoms with Gasteiger partial charge in [-0.2, -0.15) is 0 Å². The second-order valence-electron chi connectivity index (χ2n) is 5.86. The molecule has 1 aromatic carbocycles. The zero-order valence-corrected chi connectivity index (χ0v) is 16.0. The molecule has 22 heavy (non-hydrogen) atoms.